The molecule has 0 bridgehead atoms. The average molecular weight is 228 g/mol. The molecule has 3 rings (SSSR count). The summed E-state index contributed by atoms with van der Waals surface area (Å²) in [6, 6.07) is 7.32. The number of aromatic amines is 1. The van der Waals surface area contributed by atoms with Gasteiger partial charge in [0.25, 0.3) is 11.4 Å². The van der Waals surface area contributed by atoms with E-state index in [1.54, 1.807) is 6.07 Å². The van der Waals surface area contributed by atoms with Crippen LogP contribution in [0.3, 0.4) is 0 Å². The van der Waals surface area contributed by atoms with Crippen LogP contribution < -0.4 is 10.3 Å². The van der Waals surface area contributed by atoms with E-state index in [1.165, 1.54) is 7.11 Å². The monoisotopic (exact) mass is 228 g/mol. The minimum absolute atomic E-state index is 0.232. The molecule has 0 aliphatic carbocycles. The highest BCUT2D eigenvalue weighted by Crippen LogP contribution is 2.18. The van der Waals surface area contributed by atoms with E-state index in [0.29, 0.717) is 16.6 Å². The summed E-state index contributed by atoms with van der Waals surface area (Å²) in [7, 11) is 1.47. The third-order valence-corrected chi connectivity index (χ3v) is 2.44. The number of aromatic nitrogens is 4. The molecule has 1 aromatic carbocycles. The van der Waals surface area contributed by atoms with Gasteiger partial charge in [-0.05, 0) is 12.1 Å². The standard InChI is InChI=1S/C11H8N4O2/c1-17-11-9-8(10(16)14-15-11)12-6-4-2-3-5-7(6)13-9/h2-5H,1H3,(H,14,16). The molecule has 1 N–H and O–H groups in total. The van der Waals surface area contributed by atoms with Crippen molar-refractivity contribution in [1.82, 2.24) is 20.2 Å². The SMILES string of the molecule is COc1n[nH]c(=O)c2nc3ccccc3nc12. The van der Waals surface area contributed by atoms with E-state index in [-0.39, 0.29) is 17.0 Å². The third-order valence-electron chi connectivity index (χ3n) is 2.44. The van der Waals surface area contributed by atoms with Crippen LogP contribution in [0.15, 0.2) is 29.1 Å². The summed E-state index contributed by atoms with van der Waals surface area (Å²) in [6.45, 7) is 0. The van der Waals surface area contributed by atoms with E-state index in [9.17, 15) is 4.79 Å². The first-order chi connectivity index (χ1) is 8.29. The Bertz CT molecular complexity index is 766. The van der Waals surface area contributed by atoms with Crippen molar-refractivity contribution in [3.8, 4) is 5.88 Å². The van der Waals surface area contributed by atoms with E-state index in [4.69, 9.17) is 4.74 Å². The van der Waals surface area contributed by atoms with Crippen molar-refractivity contribution in [3.05, 3.63) is 34.6 Å². The summed E-state index contributed by atoms with van der Waals surface area (Å²) in [5.41, 5.74) is 1.59. The number of ether oxygens (including phenoxy) is 1. The summed E-state index contributed by atoms with van der Waals surface area (Å²) in [5.74, 6) is 0.262. The molecule has 17 heavy (non-hydrogen) atoms. The van der Waals surface area contributed by atoms with Crippen LogP contribution in [0, 0.1) is 0 Å². The van der Waals surface area contributed by atoms with Gasteiger partial charge >= 0.3 is 0 Å². The lowest BCUT2D eigenvalue weighted by atomic mass is 10.3. The molecular formula is C11H8N4O2. The summed E-state index contributed by atoms with van der Waals surface area (Å²) in [4.78, 5) is 20.2. The van der Waals surface area contributed by atoms with Gasteiger partial charge in [0.15, 0.2) is 11.0 Å². The van der Waals surface area contributed by atoms with E-state index in [2.05, 4.69) is 20.2 Å². The molecular weight excluding hydrogens is 220 g/mol. The van der Waals surface area contributed by atoms with E-state index in [0.717, 1.165) is 0 Å². The minimum atomic E-state index is -0.376. The topological polar surface area (TPSA) is 80.8 Å². The predicted octanol–water partition coefficient (Wildman–Crippen LogP) is 0.875. The molecule has 0 saturated heterocycles. The molecule has 0 saturated carbocycles. The van der Waals surface area contributed by atoms with Gasteiger partial charge in [-0.15, -0.1) is 5.10 Å². The number of para-hydroxylation sites is 2. The van der Waals surface area contributed by atoms with Gasteiger partial charge in [0.2, 0.25) is 0 Å². The number of hydrogen-bond acceptors (Lipinski definition) is 5. The fourth-order valence-corrected chi connectivity index (χ4v) is 1.66. The summed E-state index contributed by atoms with van der Waals surface area (Å²) < 4.78 is 5.05. The normalized spacial score (nSPS) is 10.9. The highest BCUT2D eigenvalue weighted by atomic mass is 16.5. The molecule has 2 heterocycles. The number of fused-ring (bicyclic) bond motifs is 2. The van der Waals surface area contributed by atoms with Crippen molar-refractivity contribution < 1.29 is 4.74 Å². The zero-order chi connectivity index (χ0) is 11.8. The number of benzene rings is 1. The van der Waals surface area contributed by atoms with Crippen LogP contribution >= 0.6 is 0 Å². The maximum Gasteiger partial charge on any atom is 0.292 e. The molecule has 6 heteroatoms. The smallest absolute Gasteiger partial charge is 0.292 e. The van der Waals surface area contributed by atoms with Gasteiger partial charge in [-0.1, -0.05) is 12.1 Å². The lowest BCUT2D eigenvalue weighted by Crippen LogP contribution is -2.12. The van der Waals surface area contributed by atoms with Crippen molar-refractivity contribution in [3.63, 3.8) is 0 Å². The fourth-order valence-electron chi connectivity index (χ4n) is 1.66. The number of hydrogen-bond donors (Lipinski definition) is 1. The van der Waals surface area contributed by atoms with Crippen LogP contribution in [0.4, 0.5) is 0 Å². The van der Waals surface area contributed by atoms with Crippen LogP contribution in [-0.2, 0) is 0 Å². The Balaban J connectivity index is 2.55. The molecule has 0 unspecified atom stereocenters. The molecule has 0 aliphatic heterocycles. The van der Waals surface area contributed by atoms with Crippen LogP contribution in [0.2, 0.25) is 0 Å². The Morgan fingerprint density at radius 1 is 1.12 bits per heavy atom. The fraction of sp³-hybridized carbons (Fsp3) is 0.0909. The Morgan fingerprint density at radius 3 is 2.41 bits per heavy atom. The van der Waals surface area contributed by atoms with Crippen LogP contribution in [0.1, 0.15) is 0 Å². The van der Waals surface area contributed by atoms with Gasteiger partial charge in [0, 0.05) is 0 Å². The molecule has 0 radical (unpaired) electrons. The lowest BCUT2D eigenvalue weighted by Gasteiger charge is -2.03. The Hall–Kier alpha value is -2.50. The zero-order valence-electron chi connectivity index (χ0n) is 8.97. The summed E-state index contributed by atoms with van der Waals surface area (Å²) in [5, 5.41) is 6.09. The van der Waals surface area contributed by atoms with Gasteiger partial charge in [0.1, 0.15) is 0 Å². The van der Waals surface area contributed by atoms with Gasteiger partial charge in [-0.2, -0.15) is 0 Å². The van der Waals surface area contributed by atoms with Crippen molar-refractivity contribution in [2.75, 3.05) is 7.11 Å². The largest absolute Gasteiger partial charge is 0.478 e. The van der Waals surface area contributed by atoms with Crippen LogP contribution in [0.5, 0.6) is 5.88 Å². The minimum Gasteiger partial charge on any atom is -0.478 e. The van der Waals surface area contributed by atoms with E-state index >= 15 is 0 Å². The second-order valence-corrected chi connectivity index (χ2v) is 3.47. The quantitative estimate of drug-likeness (QED) is 0.625. The van der Waals surface area contributed by atoms with Gasteiger partial charge in [-0.3, -0.25) is 4.79 Å². The van der Waals surface area contributed by atoms with Crippen molar-refractivity contribution in [2.45, 2.75) is 0 Å². The van der Waals surface area contributed by atoms with E-state index < -0.39 is 0 Å². The van der Waals surface area contributed by atoms with Crippen LogP contribution in [0.25, 0.3) is 22.1 Å². The van der Waals surface area contributed by atoms with Gasteiger partial charge in [-0.25, -0.2) is 15.1 Å². The molecule has 0 fully saturated rings. The highest BCUT2D eigenvalue weighted by Gasteiger charge is 2.10. The Kier molecular flexibility index (Phi) is 2.01. The molecule has 3 aromatic rings. The van der Waals surface area contributed by atoms with Crippen molar-refractivity contribution in [1.29, 1.82) is 0 Å². The molecule has 0 amide bonds. The highest BCUT2D eigenvalue weighted by molar-refractivity contribution is 5.87. The predicted molar refractivity (Wildman–Crippen MR) is 62.0 cm³/mol. The Morgan fingerprint density at radius 2 is 1.76 bits per heavy atom. The second kappa shape index (κ2) is 3.51. The first kappa shape index (κ1) is 9.71. The third kappa shape index (κ3) is 1.42. The number of methoxy groups -OCH3 is 1. The summed E-state index contributed by atoms with van der Waals surface area (Å²) in [6.07, 6.45) is 0. The first-order valence-corrected chi connectivity index (χ1v) is 4.99. The number of rotatable bonds is 1. The number of H-pyrrole nitrogens is 1. The maximum absolute atomic E-state index is 11.6. The molecule has 84 valence electrons. The lowest BCUT2D eigenvalue weighted by molar-refractivity contribution is 0.396. The number of nitrogens with one attached hydrogen (secondary N) is 1. The Labute approximate surface area is 95.3 Å². The maximum atomic E-state index is 11.6. The summed E-state index contributed by atoms with van der Waals surface area (Å²) >= 11 is 0. The van der Waals surface area contributed by atoms with Gasteiger partial charge < -0.3 is 4.74 Å². The molecule has 0 atom stereocenters. The zero-order valence-corrected chi connectivity index (χ0v) is 8.97. The molecule has 2 aromatic heterocycles. The second-order valence-electron chi connectivity index (χ2n) is 3.47. The van der Waals surface area contributed by atoms with Crippen molar-refractivity contribution >= 4 is 22.1 Å². The molecule has 0 spiro atoms. The van der Waals surface area contributed by atoms with Gasteiger partial charge in [0.05, 0.1) is 18.1 Å². The first-order valence-electron chi connectivity index (χ1n) is 4.99. The van der Waals surface area contributed by atoms with Crippen molar-refractivity contribution in [2.24, 2.45) is 0 Å². The number of nitrogens with zero attached hydrogens (tertiary/aromatic N) is 3. The average Bonchev–Trinajstić information content (AvgIpc) is 2.38. The van der Waals surface area contributed by atoms with E-state index in [1.807, 2.05) is 18.2 Å². The molecule has 6 nitrogen and oxygen atoms in total. The molecule has 0 aliphatic rings. The van der Waals surface area contributed by atoms with Crippen LogP contribution in [-0.4, -0.2) is 27.3 Å².